The van der Waals surface area contributed by atoms with Gasteiger partial charge >= 0.3 is 0 Å². The van der Waals surface area contributed by atoms with Crippen molar-refractivity contribution in [1.82, 2.24) is 20.1 Å². The SMILES string of the molecule is N=C(N)c1ccc(CC(NC(=O)C2CSCC3CN(C(=O)CCc4ccccc4)CC(=O)N32)C(=O)c2nccs2)cc1. The second-order valence-corrected chi connectivity index (χ2v) is 12.3. The first-order valence-corrected chi connectivity index (χ1v) is 15.7. The van der Waals surface area contributed by atoms with Gasteiger partial charge in [-0.2, -0.15) is 11.8 Å². The first-order valence-electron chi connectivity index (χ1n) is 13.7. The smallest absolute Gasteiger partial charge is 0.244 e. The molecule has 3 atom stereocenters. The largest absolute Gasteiger partial charge is 0.384 e. The molecule has 4 N–H and O–H groups in total. The number of nitrogens with zero attached hydrogens (tertiary/aromatic N) is 3. The van der Waals surface area contributed by atoms with Crippen LogP contribution in [0.15, 0.2) is 66.2 Å². The van der Waals surface area contributed by atoms with Crippen molar-refractivity contribution in [3.05, 3.63) is 87.9 Å². The Bertz CT molecular complexity index is 1450. The molecule has 2 aromatic carbocycles. The van der Waals surface area contributed by atoms with E-state index in [1.165, 1.54) is 11.3 Å². The Hall–Kier alpha value is -4.03. The van der Waals surface area contributed by atoms with Crippen molar-refractivity contribution in [1.29, 1.82) is 5.41 Å². The number of nitrogens with one attached hydrogen (secondary N) is 2. The molecule has 5 rings (SSSR count). The number of piperazine rings is 1. The molecule has 0 saturated carbocycles. The van der Waals surface area contributed by atoms with E-state index < -0.39 is 18.0 Å². The number of thioether (sulfide) groups is 1. The zero-order valence-electron chi connectivity index (χ0n) is 22.9. The van der Waals surface area contributed by atoms with E-state index in [4.69, 9.17) is 11.1 Å². The van der Waals surface area contributed by atoms with Crippen molar-refractivity contribution in [3.63, 3.8) is 0 Å². The summed E-state index contributed by atoms with van der Waals surface area (Å²) in [6, 6.07) is 14.8. The number of carbonyl (C=O) groups is 4. The summed E-state index contributed by atoms with van der Waals surface area (Å²) in [5.41, 5.74) is 7.98. The number of hydrogen-bond donors (Lipinski definition) is 3. The van der Waals surface area contributed by atoms with Crippen LogP contribution in [0.25, 0.3) is 0 Å². The van der Waals surface area contributed by atoms with Crippen molar-refractivity contribution in [2.24, 2.45) is 5.73 Å². The summed E-state index contributed by atoms with van der Waals surface area (Å²) in [5.74, 6) is -0.0782. The number of carbonyl (C=O) groups excluding carboxylic acids is 4. The van der Waals surface area contributed by atoms with Crippen molar-refractivity contribution < 1.29 is 19.2 Å². The van der Waals surface area contributed by atoms with Crippen LogP contribution in [0, 0.1) is 5.41 Å². The maximum absolute atomic E-state index is 13.7. The number of ketones is 1. The summed E-state index contributed by atoms with van der Waals surface area (Å²) < 4.78 is 0. The van der Waals surface area contributed by atoms with Crippen LogP contribution in [0.1, 0.15) is 32.9 Å². The standard InChI is InChI=1S/C30H32N6O4S2/c31-28(32)21-9-6-20(7-10-21)14-23(27(39)30-33-12-13-42-30)34-29(40)24-18-41-17-22-15-35(16-26(38)36(22)24)25(37)11-8-19-4-2-1-3-5-19/h1-7,9-10,12-13,22-24H,8,11,14-18H2,(H3,31,32)(H,34,40). The molecule has 0 bridgehead atoms. The molecule has 3 unspecified atom stereocenters. The number of aromatic nitrogens is 1. The summed E-state index contributed by atoms with van der Waals surface area (Å²) in [6.45, 7) is 0.308. The van der Waals surface area contributed by atoms with Gasteiger partial charge in [-0.15, -0.1) is 11.3 Å². The quantitative estimate of drug-likeness (QED) is 0.182. The molecule has 2 aliphatic heterocycles. The summed E-state index contributed by atoms with van der Waals surface area (Å²) in [4.78, 5) is 60.8. The minimum absolute atomic E-state index is 0.0581. The fourth-order valence-electron chi connectivity index (χ4n) is 5.29. The van der Waals surface area contributed by atoms with Crippen LogP contribution in [-0.4, -0.2) is 86.8 Å². The van der Waals surface area contributed by atoms with Gasteiger partial charge in [0.1, 0.15) is 11.9 Å². The molecule has 12 heteroatoms. The van der Waals surface area contributed by atoms with Crippen LogP contribution >= 0.6 is 23.1 Å². The number of nitrogens with two attached hydrogens (primary N) is 1. The van der Waals surface area contributed by atoms with Gasteiger partial charge in [0.25, 0.3) is 0 Å². The fourth-order valence-corrected chi connectivity index (χ4v) is 7.13. The number of amidine groups is 1. The number of aryl methyl sites for hydroxylation is 1. The molecule has 0 spiro atoms. The average molecular weight is 605 g/mol. The van der Waals surface area contributed by atoms with Crippen molar-refractivity contribution in [2.45, 2.75) is 37.4 Å². The maximum atomic E-state index is 13.7. The van der Waals surface area contributed by atoms with Gasteiger partial charge in [0.15, 0.2) is 5.01 Å². The first-order chi connectivity index (χ1) is 20.3. The lowest BCUT2D eigenvalue weighted by atomic mass is 10.00. The lowest BCUT2D eigenvalue weighted by molar-refractivity contribution is -0.153. The molecule has 42 heavy (non-hydrogen) atoms. The highest BCUT2D eigenvalue weighted by Gasteiger charge is 2.44. The number of benzene rings is 2. The summed E-state index contributed by atoms with van der Waals surface area (Å²) in [6.07, 6.45) is 2.67. The third-order valence-electron chi connectivity index (χ3n) is 7.47. The Morgan fingerprint density at radius 2 is 1.83 bits per heavy atom. The fraction of sp³-hybridized carbons (Fsp3) is 0.333. The van der Waals surface area contributed by atoms with Crippen molar-refractivity contribution in [3.8, 4) is 0 Å². The Morgan fingerprint density at radius 1 is 1.07 bits per heavy atom. The minimum Gasteiger partial charge on any atom is -0.384 e. The monoisotopic (exact) mass is 604 g/mol. The Kier molecular flexibility index (Phi) is 9.33. The topological polar surface area (TPSA) is 150 Å². The normalized spacial score (nSPS) is 19.1. The van der Waals surface area contributed by atoms with E-state index in [2.05, 4.69) is 10.3 Å². The number of fused-ring (bicyclic) bond motifs is 1. The second kappa shape index (κ2) is 13.3. The predicted octanol–water partition coefficient (Wildman–Crippen LogP) is 2.12. The highest BCUT2D eigenvalue weighted by molar-refractivity contribution is 7.99. The van der Waals surface area contributed by atoms with Crippen molar-refractivity contribution >= 4 is 52.4 Å². The molecule has 0 radical (unpaired) electrons. The lowest BCUT2D eigenvalue weighted by Gasteiger charge is -2.47. The highest BCUT2D eigenvalue weighted by atomic mass is 32.2. The number of hydrogen-bond acceptors (Lipinski definition) is 8. The molecule has 218 valence electrons. The van der Waals surface area contributed by atoms with Crippen LogP contribution in [0.2, 0.25) is 0 Å². The van der Waals surface area contributed by atoms with Crippen LogP contribution in [0.5, 0.6) is 0 Å². The van der Waals surface area contributed by atoms with Gasteiger partial charge in [-0.25, -0.2) is 4.98 Å². The second-order valence-electron chi connectivity index (χ2n) is 10.3. The zero-order chi connectivity index (χ0) is 29.6. The maximum Gasteiger partial charge on any atom is 0.244 e. The van der Waals surface area contributed by atoms with E-state index in [1.54, 1.807) is 57.4 Å². The number of nitrogen functional groups attached to an aromatic ring is 1. The molecule has 3 aromatic rings. The van der Waals surface area contributed by atoms with Gasteiger partial charge in [0, 0.05) is 48.0 Å². The third-order valence-corrected chi connectivity index (χ3v) is 9.43. The Balaban J connectivity index is 1.26. The molecule has 2 saturated heterocycles. The van der Waals surface area contributed by atoms with Gasteiger partial charge < -0.3 is 20.9 Å². The number of Topliss-reactive ketones (excluding diaryl/α,β-unsaturated/α-hetero) is 1. The Morgan fingerprint density at radius 3 is 2.52 bits per heavy atom. The lowest BCUT2D eigenvalue weighted by Crippen LogP contribution is -2.67. The van der Waals surface area contributed by atoms with E-state index >= 15 is 0 Å². The first kappa shape index (κ1) is 29.5. The molecule has 2 fully saturated rings. The molecule has 3 heterocycles. The van der Waals surface area contributed by atoms with E-state index in [-0.39, 0.29) is 47.4 Å². The van der Waals surface area contributed by atoms with Gasteiger partial charge in [0.05, 0.1) is 18.6 Å². The number of thiazole rings is 1. The van der Waals surface area contributed by atoms with Gasteiger partial charge in [-0.3, -0.25) is 24.6 Å². The van der Waals surface area contributed by atoms with E-state index in [0.717, 1.165) is 11.1 Å². The molecule has 3 amide bonds. The zero-order valence-corrected chi connectivity index (χ0v) is 24.5. The van der Waals surface area contributed by atoms with Crippen LogP contribution < -0.4 is 11.1 Å². The molecule has 1 aromatic heterocycles. The van der Waals surface area contributed by atoms with Crippen molar-refractivity contribution in [2.75, 3.05) is 24.6 Å². The molecular formula is C30H32N6O4S2. The van der Waals surface area contributed by atoms with Crippen LogP contribution in [-0.2, 0) is 27.2 Å². The average Bonchev–Trinajstić information content (AvgIpc) is 3.55. The van der Waals surface area contributed by atoms with E-state index in [9.17, 15) is 19.2 Å². The highest BCUT2D eigenvalue weighted by Crippen LogP contribution is 2.27. The van der Waals surface area contributed by atoms with Gasteiger partial charge in [0.2, 0.25) is 23.5 Å². The van der Waals surface area contributed by atoms with Gasteiger partial charge in [-0.1, -0.05) is 54.6 Å². The molecular weight excluding hydrogens is 573 g/mol. The molecule has 0 aliphatic carbocycles. The third kappa shape index (κ3) is 6.88. The molecule has 10 nitrogen and oxygen atoms in total. The van der Waals surface area contributed by atoms with Gasteiger partial charge in [-0.05, 0) is 17.5 Å². The summed E-state index contributed by atoms with van der Waals surface area (Å²) in [5, 5.41) is 12.5. The Labute approximate surface area is 252 Å². The van der Waals surface area contributed by atoms with E-state index in [0.29, 0.717) is 36.5 Å². The number of rotatable bonds is 10. The minimum atomic E-state index is -0.895. The predicted molar refractivity (Wildman–Crippen MR) is 163 cm³/mol. The number of amides is 3. The molecule has 2 aliphatic rings. The van der Waals surface area contributed by atoms with Crippen LogP contribution in [0.3, 0.4) is 0 Å². The summed E-state index contributed by atoms with van der Waals surface area (Å²) >= 11 is 2.76. The van der Waals surface area contributed by atoms with Crippen LogP contribution in [0.4, 0.5) is 0 Å². The summed E-state index contributed by atoms with van der Waals surface area (Å²) in [7, 11) is 0. The van der Waals surface area contributed by atoms with E-state index in [1.807, 2.05) is 30.3 Å².